The lowest BCUT2D eigenvalue weighted by Gasteiger charge is -2.41. The van der Waals surface area contributed by atoms with E-state index in [1.807, 2.05) is 0 Å². The summed E-state index contributed by atoms with van der Waals surface area (Å²) < 4.78 is 0. The molecule has 1 heterocycles. The number of piperidine rings is 1. The first-order chi connectivity index (χ1) is 7.91. The Balaban J connectivity index is 2.38. The minimum atomic E-state index is 0.602. The number of likely N-dealkylation sites (tertiary alicyclic amines) is 1. The first-order valence-electron chi connectivity index (χ1n) is 7.39. The van der Waals surface area contributed by atoms with Crippen molar-refractivity contribution in [2.75, 3.05) is 19.6 Å². The zero-order valence-electron chi connectivity index (χ0n) is 12.7. The number of nitrogens with zero attached hydrogens (tertiary/aromatic N) is 1. The molecule has 2 nitrogen and oxygen atoms in total. The molecular formula is C15H32N2. The molecule has 1 rings (SSSR count). The second-order valence-corrected chi connectivity index (χ2v) is 6.52. The Morgan fingerprint density at radius 1 is 1.12 bits per heavy atom. The first kappa shape index (κ1) is 15.0. The Hall–Kier alpha value is -0.0800. The van der Waals surface area contributed by atoms with E-state index in [1.54, 1.807) is 0 Å². The van der Waals surface area contributed by atoms with Crippen LogP contribution in [0.4, 0.5) is 0 Å². The third-order valence-corrected chi connectivity index (χ3v) is 4.61. The van der Waals surface area contributed by atoms with Gasteiger partial charge in [-0.15, -0.1) is 0 Å². The Morgan fingerprint density at radius 3 is 2.29 bits per heavy atom. The van der Waals surface area contributed by atoms with E-state index < -0.39 is 0 Å². The van der Waals surface area contributed by atoms with E-state index in [4.69, 9.17) is 0 Å². The van der Waals surface area contributed by atoms with Gasteiger partial charge in [0.25, 0.3) is 0 Å². The molecule has 0 saturated carbocycles. The van der Waals surface area contributed by atoms with Crippen LogP contribution < -0.4 is 5.32 Å². The largest absolute Gasteiger partial charge is 0.314 e. The number of nitrogens with one attached hydrogen (secondary N) is 1. The molecule has 0 bridgehead atoms. The van der Waals surface area contributed by atoms with Crippen molar-refractivity contribution >= 4 is 0 Å². The predicted octanol–water partition coefficient (Wildman–Crippen LogP) is 2.99. The van der Waals surface area contributed by atoms with E-state index in [2.05, 4.69) is 51.8 Å². The highest BCUT2D eigenvalue weighted by Crippen LogP contribution is 2.25. The van der Waals surface area contributed by atoms with Crippen molar-refractivity contribution in [1.29, 1.82) is 0 Å². The minimum Gasteiger partial charge on any atom is -0.314 e. The summed E-state index contributed by atoms with van der Waals surface area (Å²) in [5.74, 6) is 2.50. The molecule has 0 spiro atoms. The Morgan fingerprint density at radius 2 is 1.76 bits per heavy atom. The summed E-state index contributed by atoms with van der Waals surface area (Å²) in [6.07, 6.45) is 1.37. The quantitative estimate of drug-likeness (QED) is 0.795. The van der Waals surface area contributed by atoms with Gasteiger partial charge >= 0.3 is 0 Å². The number of hydrogen-bond acceptors (Lipinski definition) is 2. The van der Waals surface area contributed by atoms with Gasteiger partial charge in [-0.2, -0.15) is 0 Å². The summed E-state index contributed by atoms with van der Waals surface area (Å²) in [6.45, 7) is 17.7. The molecule has 0 radical (unpaired) electrons. The van der Waals surface area contributed by atoms with E-state index >= 15 is 0 Å². The van der Waals surface area contributed by atoms with Crippen molar-refractivity contribution in [3.8, 4) is 0 Å². The van der Waals surface area contributed by atoms with Crippen molar-refractivity contribution in [2.24, 2.45) is 17.8 Å². The molecule has 1 saturated heterocycles. The normalized spacial score (nSPS) is 30.5. The lowest BCUT2D eigenvalue weighted by atomic mass is 9.87. The fourth-order valence-corrected chi connectivity index (χ4v) is 2.62. The van der Waals surface area contributed by atoms with Gasteiger partial charge in [-0.3, -0.25) is 0 Å². The van der Waals surface area contributed by atoms with E-state index in [9.17, 15) is 0 Å². The van der Waals surface area contributed by atoms with Crippen LogP contribution >= 0.6 is 0 Å². The van der Waals surface area contributed by atoms with E-state index in [-0.39, 0.29) is 0 Å². The zero-order valence-corrected chi connectivity index (χ0v) is 12.7. The van der Waals surface area contributed by atoms with Gasteiger partial charge in [0.05, 0.1) is 0 Å². The van der Waals surface area contributed by atoms with E-state index in [0.717, 1.165) is 24.3 Å². The topological polar surface area (TPSA) is 15.3 Å². The molecule has 102 valence electrons. The van der Waals surface area contributed by atoms with Crippen molar-refractivity contribution in [1.82, 2.24) is 10.2 Å². The minimum absolute atomic E-state index is 0.602. The Bertz CT molecular complexity index is 215. The highest BCUT2D eigenvalue weighted by atomic mass is 15.2. The second kappa shape index (κ2) is 6.75. The molecule has 1 N–H and O–H groups in total. The second-order valence-electron chi connectivity index (χ2n) is 6.52. The summed E-state index contributed by atoms with van der Waals surface area (Å²) in [7, 11) is 0. The van der Waals surface area contributed by atoms with Crippen LogP contribution in [-0.2, 0) is 0 Å². The molecule has 4 unspecified atom stereocenters. The van der Waals surface area contributed by atoms with Gasteiger partial charge < -0.3 is 10.2 Å². The van der Waals surface area contributed by atoms with E-state index in [1.165, 1.54) is 19.5 Å². The fraction of sp³-hybridized carbons (Fsp3) is 1.00. The maximum absolute atomic E-state index is 3.56. The zero-order chi connectivity index (χ0) is 13.0. The molecule has 0 aromatic heterocycles. The maximum Gasteiger partial charge on any atom is 0.0105 e. The van der Waals surface area contributed by atoms with Crippen LogP contribution in [0.15, 0.2) is 0 Å². The molecule has 0 amide bonds. The van der Waals surface area contributed by atoms with E-state index in [0.29, 0.717) is 12.1 Å². The van der Waals surface area contributed by atoms with Crippen molar-refractivity contribution in [3.05, 3.63) is 0 Å². The van der Waals surface area contributed by atoms with Crippen LogP contribution in [0.25, 0.3) is 0 Å². The van der Waals surface area contributed by atoms with Gasteiger partial charge in [0, 0.05) is 18.6 Å². The van der Waals surface area contributed by atoms with Crippen LogP contribution in [0.5, 0.6) is 0 Å². The summed E-state index contributed by atoms with van der Waals surface area (Å²) in [5.41, 5.74) is 0. The molecule has 1 fully saturated rings. The van der Waals surface area contributed by atoms with Gasteiger partial charge in [0.1, 0.15) is 0 Å². The number of rotatable bonds is 5. The lowest BCUT2D eigenvalue weighted by Crippen LogP contribution is -2.48. The van der Waals surface area contributed by atoms with Crippen molar-refractivity contribution in [2.45, 2.75) is 60.0 Å². The standard InChI is InChI=1S/C15H32N2/c1-11(2)16-9-13(4)15(6)17-8-7-12(3)14(5)10-17/h11-16H,7-10H2,1-6H3. The molecule has 4 atom stereocenters. The van der Waals surface area contributed by atoms with Crippen LogP contribution in [0.1, 0.15) is 48.0 Å². The van der Waals surface area contributed by atoms with Gasteiger partial charge in [0.2, 0.25) is 0 Å². The summed E-state index contributed by atoms with van der Waals surface area (Å²) in [4.78, 5) is 2.69. The lowest BCUT2D eigenvalue weighted by molar-refractivity contribution is 0.0778. The molecule has 0 aromatic rings. The van der Waals surface area contributed by atoms with Gasteiger partial charge in [-0.25, -0.2) is 0 Å². The average Bonchev–Trinajstić information content (AvgIpc) is 2.28. The fourth-order valence-electron chi connectivity index (χ4n) is 2.62. The Kier molecular flexibility index (Phi) is 5.94. The third-order valence-electron chi connectivity index (χ3n) is 4.61. The van der Waals surface area contributed by atoms with Gasteiger partial charge in [-0.1, -0.05) is 34.6 Å². The van der Waals surface area contributed by atoms with Crippen LogP contribution in [0.2, 0.25) is 0 Å². The molecule has 17 heavy (non-hydrogen) atoms. The van der Waals surface area contributed by atoms with Crippen molar-refractivity contribution in [3.63, 3.8) is 0 Å². The van der Waals surface area contributed by atoms with Gasteiger partial charge in [0.15, 0.2) is 0 Å². The third kappa shape index (κ3) is 4.59. The molecule has 2 heteroatoms. The van der Waals surface area contributed by atoms with Crippen LogP contribution in [0, 0.1) is 17.8 Å². The Labute approximate surface area is 108 Å². The highest BCUT2D eigenvalue weighted by molar-refractivity contribution is 4.82. The SMILES string of the molecule is CC(C)NCC(C)C(C)N1CCC(C)C(C)C1. The monoisotopic (exact) mass is 240 g/mol. The number of hydrogen-bond donors (Lipinski definition) is 1. The molecule has 1 aliphatic heterocycles. The molecule has 0 aromatic carbocycles. The summed E-state index contributed by atoms with van der Waals surface area (Å²) in [6, 6.07) is 1.31. The van der Waals surface area contributed by atoms with Crippen LogP contribution in [-0.4, -0.2) is 36.6 Å². The van der Waals surface area contributed by atoms with Crippen LogP contribution in [0.3, 0.4) is 0 Å². The molecule has 0 aliphatic carbocycles. The first-order valence-corrected chi connectivity index (χ1v) is 7.39. The van der Waals surface area contributed by atoms with Gasteiger partial charge in [-0.05, 0) is 44.2 Å². The van der Waals surface area contributed by atoms with Crippen molar-refractivity contribution < 1.29 is 0 Å². The summed E-state index contributed by atoms with van der Waals surface area (Å²) in [5, 5.41) is 3.56. The predicted molar refractivity (Wildman–Crippen MR) is 76.3 cm³/mol. The highest BCUT2D eigenvalue weighted by Gasteiger charge is 2.27. The summed E-state index contributed by atoms with van der Waals surface area (Å²) >= 11 is 0. The molecular weight excluding hydrogens is 208 g/mol. The molecule has 1 aliphatic rings. The average molecular weight is 240 g/mol. The smallest absolute Gasteiger partial charge is 0.0105 e. The maximum atomic E-state index is 3.56.